The van der Waals surface area contributed by atoms with Gasteiger partial charge in [0.05, 0.1) is 0 Å². The number of aliphatic hydroxyl groups is 2. The van der Waals surface area contributed by atoms with Crippen LogP contribution in [0.2, 0.25) is 0 Å². The first-order chi connectivity index (χ1) is 14.3. The molecule has 0 bridgehead atoms. The molecule has 0 aliphatic heterocycles. The van der Waals surface area contributed by atoms with Gasteiger partial charge in [-0.05, 0) is 50.7 Å². The molecule has 2 aromatic rings. The molecular weight excluding hydrogens is 563 g/mol. The molecule has 0 fully saturated rings. The van der Waals surface area contributed by atoms with E-state index in [1.807, 2.05) is 36.4 Å². The first-order valence-corrected chi connectivity index (χ1v) is 10.1. The molecule has 0 heterocycles. The molecule has 3 rings (SSSR count). The molecule has 0 radical (unpaired) electrons. The van der Waals surface area contributed by atoms with Gasteiger partial charge in [0.1, 0.15) is 11.2 Å². The normalized spacial score (nSPS) is 15.8. The van der Waals surface area contributed by atoms with E-state index in [1.165, 1.54) is 25.7 Å². The summed E-state index contributed by atoms with van der Waals surface area (Å²) in [6.45, 7) is 3.20. The molecular formula is C28H32O2Pt. The SMILES string of the molecule is C#CC(C)(O)c1ccccc1.C#CC(C)(O)c1ccccc1.C1=CCCC=CCC1.[Pt]. The molecule has 1 aliphatic carbocycles. The Balaban J connectivity index is 0.000000434. The second-order valence-corrected chi connectivity index (χ2v) is 7.26. The third-order valence-electron chi connectivity index (χ3n) is 4.57. The molecule has 2 atom stereocenters. The van der Waals surface area contributed by atoms with Crippen molar-refractivity contribution in [2.75, 3.05) is 0 Å². The van der Waals surface area contributed by atoms with Crippen LogP contribution in [0.15, 0.2) is 85.0 Å². The molecule has 166 valence electrons. The fourth-order valence-corrected chi connectivity index (χ4v) is 2.55. The van der Waals surface area contributed by atoms with E-state index in [2.05, 4.69) is 36.1 Å². The average molecular weight is 596 g/mol. The van der Waals surface area contributed by atoms with Gasteiger partial charge in [-0.2, -0.15) is 0 Å². The van der Waals surface area contributed by atoms with Crippen LogP contribution in [0.25, 0.3) is 0 Å². The summed E-state index contributed by atoms with van der Waals surface area (Å²) in [6, 6.07) is 18.4. The van der Waals surface area contributed by atoms with Crippen LogP contribution in [0, 0.1) is 24.7 Å². The Morgan fingerprint density at radius 2 is 0.871 bits per heavy atom. The summed E-state index contributed by atoms with van der Waals surface area (Å²) in [5.41, 5.74) is -0.771. The van der Waals surface area contributed by atoms with Gasteiger partial charge in [-0.15, -0.1) is 12.8 Å². The molecule has 0 spiro atoms. The third kappa shape index (κ3) is 11.6. The van der Waals surface area contributed by atoms with Crippen LogP contribution in [-0.4, -0.2) is 10.2 Å². The molecule has 31 heavy (non-hydrogen) atoms. The standard InChI is InChI=1S/2C10H10O.C8H12.Pt/c2*1-3-10(2,11)9-7-5-4-6-8-9;1-2-4-6-8-7-5-3-1;/h2*1,4-8,11H,2H3;1-2,7-8H,3-6H2;. The van der Waals surface area contributed by atoms with E-state index in [-0.39, 0.29) is 21.1 Å². The van der Waals surface area contributed by atoms with E-state index >= 15 is 0 Å². The number of terminal acetylenes is 2. The van der Waals surface area contributed by atoms with Crippen molar-refractivity contribution in [3.63, 3.8) is 0 Å². The van der Waals surface area contributed by atoms with Crippen LogP contribution in [0.1, 0.15) is 50.7 Å². The molecule has 0 saturated carbocycles. The van der Waals surface area contributed by atoms with Gasteiger partial charge < -0.3 is 10.2 Å². The van der Waals surface area contributed by atoms with Gasteiger partial charge in [-0.3, -0.25) is 0 Å². The van der Waals surface area contributed by atoms with E-state index in [0.29, 0.717) is 0 Å². The zero-order valence-electron chi connectivity index (χ0n) is 18.3. The van der Waals surface area contributed by atoms with E-state index in [1.54, 1.807) is 38.1 Å². The smallest absolute Gasteiger partial charge is 0.147 e. The van der Waals surface area contributed by atoms with Crippen LogP contribution < -0.4 is 0 Å². The van der Waals surface area contributed by atoms with Crippen LogP contribution >= 0.6 is 0 Å². The number of hydrogen-bond donors (Lipinski definition) is 2. The van der Waals surface area contributed by atoms with Gasteiger partial charge >= 0.3 is 0 Å². The van der Waals surface area contributed by atoms with Crippen LogP contribution in [0.4, 0.5) is 0 Å². The summed E-state index contributed by atoms with van der Waals surface area (Å²) in [5.74, 6) is 4.63. The monoisotopic (exact) mass is 595 g/mol. The second-order valence-electron chi connectivity index (χ2n) is 7.26. The molecule has 2 nitrogen and oxygen atoms in total. The first kappa shape index (κ1) is 28.6. The van der Waals surface area contributed by atoms with Crippen LogP contribution in [-0.2, 0) is 32.3 Å². The summed E-state index contributed by atoms with van der Waals surface area (Å²) in [4.78, 5) is 0. The summed E-state index contributed by atoms with van der Waals surface area (Å²) in [5, 5.41) is 19.1. The molecule has 2 aromatic carbocycles. The summed E-state index contributed by atoms with van der Waals surface area (Å²) >= 11 is 0. The maximum Gasteiger partial charge on any atom is 0.147 e. The van der Waals surface area contributed by atoms with Gasteiger partial charge in [0.25, 0.3) is 0 Å². The van der Waals surface area contributed by atoms with Crippen molar-refractivity contribution in [1.82, 2.24) is 0 Å². The maximum atomic E-state index is 9.56. The topological polar surface area (TPSA) is 40.5 Å². The predicted molar refractivity (Wildman–Crippen MR) is 126 cm³/mol. The average Bonchev–Trinajstić information content (AvgIpc) is 2.75. The van der Waals surface area contributed by atoms with Gasteiger partial charge in [0.15, 0.2) is 0 Å². The van der Waals surface area contributed by atoms with Crippen molar-refractivity contribution in [2.45, 2.75) is 50.7 Å². The van der Waals surface area contributed by atoms with Crippen LogP contribution in [0.3, 0.4) is 0 Å². The minimum Gasteiger partial charge on any atom is -0.374 e. The Labute approximate surface area is 202 Å². The minimum absolute atomic E-state index is 0. The Bertz CT molecular complexity index is 779. The number of benzene rings is 2. The quantitative estimate of drug-likeness (QED) is 0.344. The number of allylic oxidation sites excluding steroid dienone is 4. The molecule has 2 unspecified atom stereocenters. The number of rotatable bonds is 2. The number of hydrogen-bond acceptors (Lipinski definition) is 2. The van der Waals surface area contributed by atoms with Gasteiger partial charge in [-0.25, -0.2) is 0 Å². The van der Waals surface area contributed by atoms with Gasteiger partial charge in [0.2, 0.25) is 0 Å². The third-order valence-corrected chi connectivity index (χ3v) is 4.57. The fourth-order valence-electron chi connectivity index (χ4n) is 2.55. The van der Waals surface area contributed by atoms with Gasteiger partial charge in [0, 0.05) is 21.1 Å². The Morgan fingerprint density at radius 3 is 1.10 bits per heavy atom. The van der Waals surface area contributed by atoms with E-state index in [0.717, 1.165) is 11.1 Å². The summed E-state index contributed by atoms with van der Waals surface area (Å²) in [7, 11) is 0. The second kappa shape index (κ2) is 15.5. The zero-order valence-corrected chi connectivity index (χ0v) is 20.5. The molecule has 0 amide bonds. The summed E-state index contributed by atoms with van der Waals surface area (Å²) in [6.07, 6.45) is 24.3. The predicted octanol–water partition coefficient (Wildman–Crippen LogP) is 5.72. The Morgan fingerprint density at radius 1 is 0.613 bits per heavy atom. The van der Waals surface area contributed by atoms with Crippen molar-refractivity contribution < 1.29 is 31.3 Å². The van der Waals surface area contributed by atoms with Gasteiger partial charge in [-0.1, -0.05) is 96.8 Å². The van der Waals surface area contributed by atoms with Crippen LogP contribution in [0.5, 0.6) is 0 Å². The minimum atomic E-state index is -1.14. The Hall–Kier alpha value is -2.35. The molecule has 3 heteroatoms. The molecule has 1 aliphatic rings. The molecule has 2 N–H and O–H groups in total. The van der Waals surface area contributed by atoms with Crippen molar-refractivity contribution in [2.24, 2.45) is 0 Å². The molecule has 0 saturated heterocycles. The first-order valence-electron chi connectivity index (χ1n) is 10.1. The molecule has 0 aromatic heterocycles. The Kier molecular flexibility index (Phi) is 14.3. The van der Waals surface area contributed by atoms with Crippen molar-refractivity contribution in [3.8, 4) is 24.7 Å². The van der Waals surface area contributed by atoms with Crippen molar-refractivity contribution >= 4 is 0 Å². The van der Waals surface area contributed by atoms with E-state index in [9.17, 15) is 10.2 Å². The van der Waals surface area contributed by atoms with Crippen molar-refractivity contribution in [3.05, 3.63) is 96.1 Å². The van der Waals surface area contributed by atoms with Crippen molar-refractivity contribution in [1.29, 1.82) is 0 Å². The van der Waals surface area contributed by atoms with E-state index < -0.39 is 11.2 Å². The zero-order chi connectivity index (χ0) is 22.3. The maximum absolute atomic E-state index is 9.56. The fraction of sp³-hybridized carbons (Fsp3) is 0.286. The largest absolute Gasteiger partial charge is 0.374 e. The van der Waals surface area contributed by atoms with E-state index in [4.69, 9.17) is 12.8 Å². The summed E-state index contributed by atoms with van der Waals surface area (Å²) < 4.78 is 0.